The third-order valence-corrected chi connectivity index (χ3v) is 3.25. The monoisotopic (exact) mass is 293 g/mol. The number of nitrogens with one attached hydrogen (secondary N) is 1. The average Bonchev–Trinajstić information content (AvgIpc) is 2.70. The van der Waals surface area contributed by atoms with Crippen molar-refractivity contribution in [1.82, 2.24) is 9.78 Å². The number of hydrogen-bond donors (Lipinski definition) is 1. The van der Waals surface area contributed by atoms with Crippen LogP contribution in [0.4, 0.5) is 5.69 Å². The largest absolute Gasteiger partial charge is 0.322 e. The Morgan fingerprint density at radius 1 is 1.47 bits per heavy atom. The Balaban J connectivity index is 2.15. The Morgan fingerprint density at radius 2 is 2.24 bits per heavy atom. The summed E-state index contributed by atoms with van der Waals surface area (Å²) >= 11 is 3.43. The predicted octanol–water partition coefficient (Wildman–Crippen LogP) is 2.74. The molecule has 1 aromatic carbocycles. The summed E-state index contributed by atoms with van der Waals surface area (Å²) < 4.78 is 2.57. The highest BCUT2D eigenvalue weighted by Gasteiger charge is 2.08. The molecule has 88 valence electrons. The zero-order valence-electron chi connectivity index (χ0n) is 9.57. The topological polar surface area (TPSA) is 46.9 Å². The summed E-state index contributed by atoms with van der Waals surface area (Å²) in [4.78, 5) is 11.8. The molecule has 0 aliphatic carbocycles. The fourth-order valence-corrected chi connectivity index (χ4v) is 1.79. The Morgan fingerprint density at radius 3 is 2.82 bits per heavy atom. The van der Waals surface area contributed by atoms with Gasteiger partial charge in [0.15, 0.2) is 0 Å². The van der Waals surface area contributed by atoms with Gasteiger partial charge >= 0.3 is 0 Å². The molecule has 1 heterocycles. The second-order valence-electron chi connectivity index (χ2n) is 3.82. The number of amides is 1. The van der Waals surface area contributed by atoms with Crippen LogP contribution in [0.2, 0.25) is 0 Å². The Bertz CT molecular complexity index is 563. The SMILES string of the molecule is Cc1ccc(NC(=O)c2cnn(C)c2)cc1Br. The molecule has 5 heteroatoms. The van der Waals surface area contributed by atoms with Gasteiger partial charge in [-0.05, 0) is 24.6 Å². The summed E-state index contributed by atoms with van der Waals surface area (Å²) in [5, 5.41) is 6.77. The Hall–Kier alpha value is -1.62. The minimum atomic E-state index is -0.158. The fourth-order valence-electron chi connectivity index (χ4n) is 1.41. The molecule has 0 saturated heterocycles. The van der Waals surface area contributed by atoms with Crippen LogP contribution in [0.15, 0.2) is 35.1 Å². The van der Waals surface area contributed by atoms with Crippen molar-refractivity contribution in [3.63, 3.8) is 0 Å². The van der Waals surface area contributed by atoms with Crippen LogP contribution in [0.1, 0.15) is 15.9 Å². The van der Waals surface area contributed by atoms with Gasteiger partial charge in [-0.15, -0.1) is 0 Å². The minimum absolute atomic E-state index is 0.158. The van der Waals surface area contributed by atoms with Gasteiger partial charge in [0.1, 0.15) is 0 Å². The highest BCUT2D eigenvalue weighted by molar-refractivity contribution is 9.10. The first-order valence-electron chi connectivity index (χ1n) is 5.12. The zero-order chi connectivity index (χ0) is 12.4. The first-order chi connectivity index (χ1) is 8.06. The van der Waals surface area contributed by atoms with Crippen molar-refractivity contribution in [3.8, 4) is 0 Å². The van der Waals surface area contributed by atoms with Gasteiger partial charge < -0.3 is 5.32 Å². The van der Waals surface area contributed by atoms with Crippen molar-refractivity contribution in [2.45, 2.75) is 6.92 Å². The minimum Gasteiger partial charge on any atom is -0.322 e. The van der Waals surface area contributed by atoms with Crippen LogP contribution in [0.5, 0.6) is 0 Å². The summed E-state index contributed by atoms with van der Waals surface area (Å²) in [6.45, 7) is 2.00. The molecule has 0 fully saturated rings. The number of aryl methyl sites for hydroxylation is 2. The van der Waals surface area contributed by atoms with Crippen molar-refractivity contribution in [3.05, 3.63) is 46.2 Å². The van der Waals surface area contributed by atoms with Gasteiger partial charge in [-0.2, -0.15) is 5.10 Å². The third kappa shape index (κ3) is 2.74. The summed E-state index contributed by atoms with van der Waals surface area (Å²) in [6.07, 6.45) is 3.22. The number of hydrogen-bond acceptors (Lipinski definition) is 2. The van der Waals surface area contributed by atoms with Gasteiger partial charge in [-0.25, -0.2) is 0 Å². The highest BCUT2D eigenvalue weighted by Crippen LogP contribution is 2.20. The van der Waals surface area contributed by atoms with Crippen molar-refractivity contribution in [1.29, 1.82) is 0 Å². The standard InChI is InChI=1S/C12H12BrN3O/c1-8-3-4-10(5-11(8)13)15-12(17)9-6-14-16(2)7-9/h3-7H,1-2H3,(H,15,17). The van der Waals surface area contributed by atoms with E-state index in [4.69, 9.17) is 0 Å². The van der Waals surface area contributed by atoms with Crippen LogP contribution in [0, 0.1) is 6.92 Å². The molecule has 0 spiro atoms. The Kier molecular flexibility index (Phi) is 3.28. The molecule has 1 N–H and O–H groups in total. The van der Waals surface area contributed by atoms with Gasteiger partial charge in [0.2, 0.25) is 0 Å². The predicted molar refractivity (Wildman–Crippen MR) is 70.0 cm³/mol. The maximum Gasteiger partial charge on any atom is 0.258 e. The highest BCUT2D eigenvalue weighted by atomic mass is 79.9. The van der Waals surface area contributed by atoms with Gasteiger partial charge in [0.25, 0.3) is 5.91 Å². The van der Waals surface area contributed by atoms with Crippen molar-refractivity contribution < 1.29 is 4.79 Å². The van der Waals surface area contributed by atoms with Gasteiger partial charge in [-0.3, -0.25) is 9.48 Å². The molecule has 0 aliphatic rings. The van der Waals surface area contributed by atoms with Gasteiger partial charge in [0, 0.05) is 23.4 Å². The van der Waals surface area contributed by atoms with E-state index in [1.54, 1.807) is 24.1 Å². The normalized spacial score (nSPS) is 10.3. The molecule has 0 saturated carbocycles. The molecule has 0 atom stereocenters. The number of aromatic nitrogens is 2. The smallest absolute Gasteiger partial charge is 0.258 e. The average molecular weight is 294 g/mol. The lowest BCUT2D eigenvalue weighted by Crippen LogP contribution is -2.11. The molecular formula is C12H12BrN3O. The molecule has 0 aliphatic heterocycles. The fraction of sp³-hybridized carbons (Fsp3) is 0.167. The van der Waals surface area contributed by atoms with Crippen LogP contribution in [-0.4, -0.2) is 15.7 Å². The van der Waals surface area contributed by atoms with Crippen molar-refractivity contribution in [2.75, 3.05) is 5.32 Å². The van der Waals surface area contributed by atoms with E-state index >= 15 is 0 Å². The number of nitrogens with zero attached hydrogens (tertiary/aromatic N) is 2. The second-order valence-corrected chi connectivity index (χ2v) is 4.68. The molecule has 0 bridgehead atoms. The number of benzene rings is 1. The Labute approximate surface area is 108 Å². The molecule has 0 radical (unpaired) electrons. The van der Waals surface area contributed by atoms with Gasteiger partial charge in [0.05, 0.1) is 11.8 Å². The summed E-state index contributed by atoms with van der Waals surface area (Å²) in [6, 6.07) is 5.70. The lowest BCUT2D eigenvalue weighted by Gasteiger charge is -2.05. The molecule has 2 aromatic rings. The molecular weight excluding hydrogens is 282 g/mol. The number of carbonyl (C=O) groups is 1. The lowest BCUT2D eigenvalue weighted by atomic mass is 10.2. The summed E-state index contributed by atoms with van der Waals surface area (Å²) in [7, 11) is 1.78. The lowest BCUT2D eigenvalue weighted by molar-refractivity contribution is 0.102. The number of halogens is 1. The van der Waals surface area contributed by atoms with Gasteiger partial charge in [-0.1, -0.05) is 22.0 Å². The van der Waals surface area contributed by atoms with E-state index in [9.17, 15) is 4.79 Å². The second kappa shape index (κ2) is 4.71. The molecule has 17 heavy (non-hydrogen) atoms. The number of anilines is 1. The summed E-state index contributed by atoms with van der Waals surface area (Å²) in [5.74, 6) is -0.158. The van der Waals surface area contributed by atoms with Crippen molar-refractivity contribution in [2.24, 2.45) is 7.05 Å². The first kappa shape index (κ1) is 11.9. The number of carbonyl (C=O) groups excluding carboxylic acids is 1. The molecule has 0 unspecified atom stereocenters. The molecule has 2 rings (SSSR count). The van der Waals surface area contributed by atoms with E-state index in [-0.39, 0.29) is 5.91 Å². The van der Waals surface area contributed by atoms with E-state index in [0.717, 1.165) is 15.7 Å². The van der Waals surface area contributed by atoms with E-state index in [1.165, 1.54) is 0 Å². The maximum atomic E-state index is 11.8. The van der Waals surface area contributed by atoms with Crippen LogP contribution >= 0.6 is 15.9 Å². The van der Waals surface area contributed by atoms with Crippen LogP contribution in [0.25, 0.3) is 0 Å². The van der Waals surface area contributed by atoms with Crippen molar-refractivity contribution >= 4 is 27.5 Å². The zero-order valence-corrected chi connectivity index (χ0v) is 11.2. The van der Waals surface area contributed by atoms with E-state index in [2.05, 4.69) is 26.3 Å². The van der Waals surface area contributed by atoms with Crippen LogP contribution in [-0.2, 0) is 7.05 Å². The third-order valence-electron chi connectivity index (χ3n) is 2.40. The molecule has 1 aromatic heterocycles. The molecule has 1 amide bonds. The van der Waals surface area contributed by atoms with E-state index in [1.807, 2.05) is 25.1 Å². The number of rotatable bonds is 2. The van der Waals surface area contributed by atoms with E-state index < -0.39 is 0 Å². The quantitative estimate of drug-likeness (QED) is 0.925. The van der Waals surface area contributed by atoms with Crippen LogP contribution < -0.4 is 5.32 Å². The first-order valence-corrected chi connectivity index (χ1v) is 5.92. The van der Waals surface area contributed by atoms with Crippen LogP contribution in [0.3, 0.4) is 0 Å². The summed E-state index contributed by atoms with van der Waals surface area (Å²) in [5.41, 5.74) is 2.44. The molecule has 4 nitrogen and oxygen atoms in total. The van der Waals surface area contributed by atoms with E-state index in [0.29, 0.717) is 5.56 Å². The maximum absolute atomic E-state index is 11.8.